The number of rotatable bonds is 3. The van der Waals surface area contributed by atoms with Crippen molar-refractivity contribution in [2.45, 2.75) is 12.5 Å². The minimum atomic E-state index is 0. The van der Waals surface area contributed by atoms with Crippen molar-refractivity contribution < 1.29 is 0 Å². The molecule has 1 atom stereocenters. The zero-order valence-corrected chi connectivity index (χ0v) is 9.04. The van der Waals surface area contributed by atoms with Crippen LogP contribution in [-0.4, -0.2) is 24.5 Å². The monoisotopic (exact) mass is 212 g/mol. The van der Waals surface area contributed by atoms with Crippen LogP contribution in [0.2, 0.25) is 0 Å². The van der Waals surface area contributed by atoms with Crippen molar-refractivity contribution in [3.8, 4) is 0 Å². The van der Waals surface area contributed by atoms with Crippen molar-refractivity contribution in [2.24, 2.45) is 5.73 Å². The third kappa shape index (κ3) is 2.71. The number of benzene rings is 1. The van der Waals surface area contributed by atoms with Gasteiger partial charge in [0.2, 0.25) is 0 Å². The molecule has 1 aliphatic heterocycles. The summed E-state index contributed by atoms with van der Waals surface area (Å²) in [5.41, 5.74) is 7.31. The number of likely N-dealkylation sites (tertiary alicyclic amines) is 1. The van der Waals surface area contributed by atoms with Gasteiger partial charge in [0.15, 0.2) is 0 Å². The number of nitrogens with two attached hydrogens (primary N) is 1. The van der Waals surface area contributed by atoms with E-state index in [1.54, 1.807) is 0 Å². The van der Waals surface area contributed by atoms with E-state index < -0.39 is 0 Å². The summed E-state index contributed by atoms with van der Waals surface area (Å²) >= 11 is 0. The van der Waals surface area contributed by atoms with Crippen LogP contribution in [0.3, 0.4) is 0 Å². The maximum atomic E-state index is 6.06. The number of nitrogens with zero attached hydrogens (tertiary/aromatic N) is 1. The molecule has 1 saturated heterocycles. The molecule has 0 aliphatic carbocycles. The van der Waals surface area contributed by atoms with Crippen molar-refractivity contribution in [1.82, 2.24) is 4.90 Å². The Morgan fingerprint density at radius 3 is 2.36 bits per heavy atom. The Balaban J connectivity index is 0.000000980. The van der Waals surface area contributed by atoms with E-state index in [4.69, 9.17) is 5.73 Å². The highest BCUT2D eigenvalue weighted by atomic mass is 35.5. The van der Waals surface area contributed by atoms with Crippen molar-refractivity contribution in [1.29, 1.82) is 0 Å². The average Bonchev–Trinajstić information content (AvgIpc) is 2.12. The van der Waals surface area contributed by atoms with Crippen molar-refractivity contribution in [2.75, 3.05) is 19.6 Å². The molecule has 2 nitrogen and oxygen atoms in total. The molecule has 1 unspecified atom stereocenters. The van der Waals surface area contributed by atoms with E-state index in [0.717, 1.165) is 6.54 Å². The van der Waals surface area contributed by atoms with Gasteiger partial charge in [0.1, 0.15) is 0 Å². The fraction of sp³-hybridized carbons (Fsp3) is 0.455. The molecule has 1 fully saturated rings. The Morgan fingerprint density at radius 1 is 1.21 bits per heavy atom. The van der Waals surface area contributed by atoms with Crippen molar-refractivity contribution in [3.63, 3.8) is 0 Å². The van der Waals surface area contributed by atoms with E-state index in [2.05, 4.69) is 17.0 Å². The van der Waals surface area contributed by atoms with Crippen LogP contribution in [0.15, 0.2) is 30.3 Å². The standard InChI is InChI=1S/C11H16N2.ClH/c12-11(9-13-7-4-8-13)10-5-2-1-3-6-10;/h1-3,5-6,11H,4,7-9,12H2;1H. The summed E-state index contributed by atoms with van der Waals surface area (Å²) < 4.78 is 0. The summed E-state index contributed by atoms with van der Waals surface area (Å²) in [6, 6.07) is 10.5. The van der Waals surface area contributed by atoms with Crippen LogP contribution in [0.4, 0.5) is 0 Å². The van der Waals surface area contributed by atoms with Crippen molar-refractivity contribution in [3.05, 3.63) is 35.9 Å². The molecule has 1 aliphatic rings. The lowest BCUT2D eigenvalue weighted by Crippen LogP contribution is -2.41. The summed E-state index contributed by atoms with van der Waals surface area (Å²) in [4.78, 5) is 2.40. The highest BCUT2D eigenvalue weighted by Gasteiger charge is 2.17. The summed E-state index contributed by atoms with van der Waals surface area (Å²) in [6.45, 7) is 3.45. The molecular formula is C11H17ClN2. The molecule has 0 bridgehead atoms. The molecule has 0 amide bonds. The highest BCUT2D eigenvalue weighted by molar-refractivity contribution is 5.85. The first-order valence-electron chi connectivity index (χ1n) is 4.89. The molecule has 0 spiro atoms. The first-order chi connectivity index (χ1) is 6.36. The number of hydrogen-bond donors (Lipinski definition) is 1. The minimum Gasteiger partial charge on any atom is -0.323 e. The SMILES string of the molecule is Cl.NC(CN1CCC1)c1ccccc1. The molecular weight excluding hydrogens is 196 g/mol. The van der Waals surface area contributed by atoms with Crippen LogP contribution in [0.25, 0.3) is 0 Å². The van der Waals surface area contributed by atoms with Gasteiger partial charge in [-0.15, -0.1) is 12.4 Å². The van der Waals surface area contributed by atoms with Crippen LogP contribution in [0.1, 0.15) is 18.0 Å². The summed E-state index contributed by atoms with van der Waals surface area (Å²) in [7, 11) is 0. The van der Waals surface area contributed by atoms with E-state index in [1.165, 1.54) is 25.1 Å². The predicted molar refractivity (Wildman–Crippen MR) is 61.7 cm³/mol. The molecule has 1 aromatic rings. The fourth-order valence-electron chi connectivity index (χ4n) is 1.65. The lowest BCUT2D eigenvalue weighted by molar-refractivity contribution is 0.170. The van der Waals surface area contributed by atoms with Gasteiger partial charge < -0.3 is 10.6 Å². The van der Waals surface area contributed by atoms with Crippen LogP contribution < -0.4 is 5.73 Å². The molecule has 0 aromatic heterocycles. The van der Waals surface area contributed by atoms with Gasteiger partial charge in [-0.3, -0.25) is 0 Å². The van der Waals surface area contributed by atoms with Gasteiger partial charge in [0.05, 0.1) is 0 Å². The smallest absolute Gasteiger partial charge is 0.0424 e. The van der Waals surface area contributed by atoms with Crippen LogP contribution in [0.5, 0.6) is 0 Å². The van der Waals surface area contributed by atoms with Gasteiger partial charge in [0.25, 0.3) is 0 Å². The maximum Gasteiger partial charge on any atom is 0.0424 e. The zero-order valence-electron chi connectivity index (χ0n) is 8.23. The second kappa shape index (κ2) is 5.35. The van der Waals surface area contributed by atoms with Gasteiger partial charge >= 0.3 is 0 Å². The Hall–Kier alpha value is -0.570. The second-order valence-corrected chi connectivity index (χ2v) is 3.67. The van der Waals surface area contributed by atoms with E-state index >= 15 is 0 Å². The van der Waals surface area contributed by atoms with Gasteiger partial charge in [-0.1, -0.05) is 30.3 Å². The Morgan fingerprint density at radius 2 is 1.86 bits per heavy atom. The molecule has 3 heteroatoms. The Bertz CT molecular complexity index is 259. The fourth-order valence-corrected chi connectivity index (χ4v) is 1.65. The van der Waals surface area contributed by atoms with E-state index in [9.17, 15) is 0 Å². The van der Waals surface area contributed by atoms with Crippen LogP contribution in [-0.2, 0) is 0 Å². The molecule has 0 saturated carbocycles. The summed E-state index contributed by atoms with van der Waals surface area (Å²) in [5, 5.41) is 0. The molecule has 2 N–H and O–H groups in total. The topological polar surface area (TPSA) is 29.3 Å². The lowest BCUT2D eigenvalue weighted by atomic mass is 10.1. The second-order valence-electron chi connectivity index (χ2n) is 3.67. The van der Waals surface area contributed by atoms with E-state index in [-0.39, 0.29) is 18.4 Å². The van der Waals surface area contributed by atoms with Crippen molar-refractivity contribution >= 4 is 12.4 Å². The third-order valence-corrected chi connectivity index (χ3v) is 2.63. The third-order valence-electron chi connectivity index (χ3n) is 2.63. The highest BCUT2D eigenvalue weighted by Crippen LogP contribution is 2.14. The van der Waals surface area contributed by atoms with Gasteiger partial charge in [0, 0.05) is 12.6 Å². The number of hydrogen-bond acceptors (Lipinski definition) is 2. The largest absolute Gasteiger partial charge is 0.323 e. The van der Waals surface area contributed by atoms with E-state index in [1.807, 2.05) is 18.2 Å². The maximum absolute atomic E-state index is 6.06. The van der Waals surface area contributed by atoms with Gasteiger partial charge in [-0.05, 0) is 25.1 Å². The first kappa shape index (κ1) is 11.5. The Kier molecular flexibility index (Phi) is 4.39. The van der Waals surface area contributed by atoms with Crippen LogP contribution in [0, 0.1) is 0 Å². The molecule has 0 radical (unpaired) electrons. The molecule has 14 heavy (non-hydrogen) atoms. The molecule has 78 valence electrons. The van der Waals surface area contributed by atoms with Gasteiger partial charge in [-0.2, -0.15) is 0 Å². The molecule has 2 rings (SSSR count). The summed E-state index contributed by atoms with van der Waals surface area (Å²) in [6.07, 6.45) is 1.33. The quantitative estimate of drug-likeness (QED) is 0.828. The lowest BCUT2D eigenvalue weighted by Gasteiger charge is -2.33. The number of halogens is 1. The summed E-state index contributed by atoms with van der Waals surface area (Å²) in [5.74, 6) is 0. The predicted octanol–water partition coefficient (Wildman–Crippen LogP) is 1.81. The van der Waals surface area contributed by atoms with Crippen LogP contribution >= 0.6 is 12.4 Å². The molecule has 1 heterocycles. The minimum absolute atomic E-state index is 0. The first-order valence-corrected chi connectivity index (χ1v) is 4.89. The normalized spacial score (nSPS) is 18.1. The van der Waals surface area contributed by atoms with E-state index in [0.29, 0.717) is 0 Å². The zero-order chi connectivity index (χ0) is 9.10. The average molecular weight is 213 g/mol. The van der Waals surface area contributed by atoms with Gasteiger partial charge in [-0.25, -0.2) is 0 Å². The molecule has 1 aromatic carbocycles. The Labute approximate surface area is 91.5 Å².